The smallest absolute Gasteiger partial charge is 0.151 e. The third-order valence-corrected chi connectivity index (χ3v) is 3.69. The van der Waals surface area contributed by atoms with Gasteiger partial charge in [0, 0.05) is 12.5 Å². The van der Waals surface area contributed by atoms with Crippen LogP contribution in [-0.4, -0.2) is 30.3 Å². The standard InChI is InChI=1S/C15H20FNO/c1-17(14-4-2-3-5-14)11-15(18)10-12-6-8-13(16)9-7-12/h6-9,14H,2-5,10-11H2,1H3. The van der Waals surface area contributed by atoms with Gasteiger partial charge >= 0.3 is 0 Å². The van der Waals surface area contributed by atoms with Crippen molar-refractivity contribution in [2.24, 2.45) is 0 Å². The van der Waals surface area contributed by atoms with Crippen LogP contribution in [0.2, 0.25) is 0 Å². The third-order valence-electron chi connectivity index (χ3n) is 3.69. The van der Waals surface area contributed by atoms with Crippen molar-refractivity contribution in [2.75, 3.05) is 13.6 Å². The topological polar surface area (TPSA) is 20.3 Å². The Labute approximate surface area is 108 Å². The van der Waals surface area contributed by atoms with Crippen molar-refractivity contribution in [2.45, 2.75) is 38.1 Å². The SMILES string of the molecule is CN(CC(=O)Cc1ccc(F)cc1)C1CCCC1. The maximum absolute atomic E-state index is 12.7. The minimum Gasteiger partial charge on any atom is -0.298 e. The van der Waals surface area contributed by atoms with Crippen LogP contribution >= 0.6 is 0 Å². The van der Waals surface area contributed by atoms with E-state index in [1.165, 1.54) is 37.8 Å². The molecule has 0 bridgehead atoms. The Balaban J connectivity index is 1.82. The van der Waals surface area contributed by atoms with Crippen molar-refractivity contribution in [3.05, 3.63) is 35.6 Å². The first-order chi connectivity index (χ1) is 8.65. The first kappa shape index (κ1) is 13.2. The van der Waals surface area contributed by atoms with E-state index in [4.69, 9.17) is 0 Å². The monoisotopic (exact) mass is 249 g/mol. The number of Topliss-reactive ketones (excluding diaryl/α,β-unsaturated/α-hetero) is 1. The van der Waals surface area contributed by atoms with Crippen LogP contribution in [-0.2, 0) is 11.2 Å². The molecule has 0 aliphatic heterocycles. The van der Waals surface area contributed by atoms with Crippen molar-refractivity contribution in [3.8, 4) is 0 Å². The molecule has 1 aliphatic carbocycles. The molecule has 0 radical (unpaired) electrons. The molecule has 1 fully saturated rings. The lowest BCUT2D eigenvalue weighted by Crippen LogP contribution is -2.34. The highest BCUT2D eigenvalue weighted by Crippen LogP contribution is 2.22. The van der Waals surface area contributed by atoms with Crippen molar-refractivity contribution in [1.82, 2.24) is 4.90 Å². The van der Waals surface area contributed by atoms with Gasteiger partial charge in [-0.15, -0.1) is 0 Å². The second-order valence-electron chi connectivity index (χ2n) is 5.20. The highest BCUT2D eigenvalue weighted by molar-refractivity contribution is 5.82. The molecule has 98 valence electrons. The molecular weight excluding hydrogens is 229 g/mol. The summed E-state index contributed by atoms with van der Waals surface area (Å²) in [4.78, 5) is 14.1. The Hall–Kier alpha value is -1.22. The number of rotatable bonds is 5. The predicted octanol–water partition coefficient (Wildman–Crippen LogP) is 2.81. The third kappa shape index (κ3) is 3.64. The van der Waals surface area contributed by atoms with E-state index < -0.39 is 0 Å². The zero-order chi connectivity index (χ0) is 13.0. The Morgan fingerprint density at radius 1 is 1.28 bits per heavy atom. The van der Waals surface area contributed by atoms with Crippen LogP contribution in [0.1, 0.15) is 31.2 Å². The van der Waals surface area contributed by atoms with Crippen molar-refractivity contribution >= 4 is 5.78 Å². The number of ketones is 1. The Morgan fingerprint density at radius 3 is 2.50 bits per heavy atom. The summed E-state index contributed by atoms with van der Waals surface area (Å²) in [6.07, 6.45) is 5.38. The fraction of sp³-hybridized carbons (Fsp3) is 0.533. The number of carbonyl (C=O) groups is 1. The van der Waals surface area contributed by atoms with Gasteiger partial charge in [-0.1, -0.05) is 25.0 Å². The molecular formula is C15H20FNO. The Morgan fingerprint density at radius 2 is 1.89 bits per heavy atom. The van der Waals surface area contributed by atoms with Gasteiger partial charge in [-0.25, -0.2) is 4.39 Å². The first-order valence-electron chi connectivity index (χ1n) is 6.61. The minimum atomic E-state index is -0.255. The molecule has 1 aromatic rings. The fourth-order valence-electron chi connectivity index (χ4n) is 2.64. The number of hydrogen-bond donors (Lipinski definition) is 0. The summed E-state index contributed by atoms with van der Waals surface area (Å²) in [6, 6.07) is 6.75. The summed E-state index contributed by atoms with van der Waals surface area (Å²) < 4.78 is 12.7. The second kappa shape index (κ2) is 6.10. The lowest BCUT2D eigenvalue weighted by atomic mass is 10.1. The molecule has 1 aliphatic rings. The van der Waals surface area contributed by atoms with Gasteiger partial charge in [0.05, 0.1) is 6.54 Å². The summed E-state index contributed by atoms with van der Waals surface area (Å²) in [5.41, 5.74) is 0.890. The van der Waals surface area contributed by atoms with E-state index in [-0.39, 0.29) is 11.6 Å². The number of hydrogen-bond acceptors (Lipinski definition) is 2. The van der Waals surface area contributed by atoms with Crippen molar-refractivity contribution in [1.29, 1.82) is 0 Å². The average molecular weight is 249 g/mol. The molecule has 0 spiro atoms. The van der Waals surface area contributed by atoms with Crippen LogP contribution in [0.4, 0.5) is 4.39 Å². The summed E-state index contributed by atoms with van der Waals surface area (Å²) in [7, 11) is 2.03. The highest BCUT2D eigenvalue weighted by atomic mass is 19.1. The zero-order valence-corrected chi connectivity index (χ0v) is 10.9. The first-order valence-corrected chi connectivity index (χ1v) is 6.61. The van der Waals surface area contributed by atoms with Gasteiger partial charge < -0.3 is 0 Å². The molecule has 0 aromatic heterocycles. The molecule has 0 unspecified atom stereocenters. The zero-order valence-electron chi connectivity index (χ0n) is 10.9. The average Bonchev–Trinajstić information content (AvgIpc) is 2.85. The Bertz CT molecular complexity index is 395. The van der Waals surface area contributed by atoms with Gasteiger partial charge in [-0.2, -0.15) is 0 Å². The number of carbonyl (C=O) groups excluding carboxylic acids is 1. The van der Waals surface area contributed by atoms with Gasteiger partial charge in [-0.05, 0) is 37.6 Å². The normalized spacial score (nSPS) is 16.4. The van der Waals surface area contributed by atoms with Gasteiger partial charge in [0.1, 0.15) is 5.82 Å². The van der Waals surface area contributed by atoms with Crippen LogP contribution in [0.25, 0.3) is 0 Å². The van der Waals surface area contributed by atoms with Crippen LogP contribution in [0, 0.1) is 5.82 Å². The molecule has 0 amide bonds. The van der Waals surface area contributed by atoms with Crippen molar-refractivity contribution in [3.63, 3.8) is 0 Å². The molecule has 2 nitrogen and oxygen atoms in total. The van der Waals surface area contributed by atoms with Crippen LogP contribution in [0.15, 0.2) is 24.3 Å². The van der Waals surface area contributed by atoms with Crippen molar-refractivity contribution < 1.29 is 9.18 Å². The van der Waals surface area contributed by atoms with E-state index in [2.05, 4.69) is 4.90 Å². The molecule has 1 saturated carbocycles. The molecule has 0 saturated heterocycles. The van der Waals surface area contributed by atoms with Gasteiger partial charge in [0.2, 0.25) is 0 Å². The molecule has 1 aromatic carbocycles. The summed E-state index contributed by atoms with van der Waals surface area (Å²) in [5.74, 6) is -0.0507. The molecule has 3 heteroatoms. The molecule has 18 heavy (non-hydrogen) atoms. The van der Waals surface area contributed by atoms with Gasteiger partial charge in [0.15, 0.2) is 5.78 Å². The highest BCUT2D eigenvalue weighted by Gasteiger charge is 2.20. The number of nitrogens with zero attached hydrogens (tertiary/aromatic N) is 1. The summed E-state index contributed by atoms with van der Waals surface area (Å²) >= 11 is 0. The number of benzene rings is 1. The molecule has 0 atom stereocenters. The van der Waals surface area contributed by atoms with Crippen LogP contribution in [0.3, 0.4) is 0 Å². The van der Waals surface area contributed by atoms with Crippen LogP contribution in [0.5, 0.6) is 0 Å². The quantitative estimate of drug-likeness (QED) is 0.799. The van der Waals surface area contributed by atoms with Gasteiger partial charge in [-0.3, -0.25) is 9.69 Å². The number of halogens is 1. The van der Waals surface area contributed by atoms with E-state index in [1.54, 1.807) is 12.1 Å². The minimum absolute atomic E-state index is 0.205. The Kier molecular flexibility index (Phi) is 4.48. The molecule has 0 heterocycles. The molecule has 0 N–H and O–H groups in total. The molecule has 2 rings (SSSR count). The van der Waals surface area contributed by atoms with E-state index in [0.29, 0.717) is 19.0 Å². The van der Waals surface area contributed by atoms with Gasteiger partial charge in [0.25, 0.3) is 0 Å². The van der Waals surface area contributed by atoms with E-state index in [0.717, 1.165) is 5.56 Å². The largest absolute Gasteiger partial charge is 0.298 e. The van der Waals surface area contributed by atoms with E-state index in [9.17, 15) is 9.18 Å². The summed E-state index contributed by atoms with van der Waals surface area (Å²) in [6.45, 7) is 0.502. The second-order valence-corrected chi connectivity index (χ2v) is 5.20. The fourth-order valence-corrected chi connectivity index (χ4v) is 2.64. The maximum atomic E-state index is 12.7. The van der Waals surface area contributed by atoms with E-state index >= 15 is 0 Å². The van der Waals surface area contributed by atoms with E-state index in [1.807, 2.05) is 7.05 Å². The lowest BCUT2D eigenvalue weighted by molar-refractivity contribution is -0.119. The van der Waals surface area contributed by atoms with Crippen LogP contribution < -0.4 is 0 Å². The summed E-state index contributed by atoms with van der Waals surface area (Å²) in [5, 5.41) is 0. The number of likely N-dealkylation sites (N-methyl/N-ethyl adjacent to an activating group) is 1. The maximum Gasteiger partial charge on any atom is 0.151 e. The lowest BCUT2D eigenvalue weighted by Gasteiger charge is -2.23. The predicted molar refractivity (Wildman–Crippen MR) is 70.0 cm³/mol.